The molecule has 1 radical (unpaired) electrons. The van der Waals surface area contributed by atoms with Crippen LogP contribution in [0.2, 0.25) is 0 Å². The predicted octanol–water partition coefficient (Wildman–Crippen LogP) is 1.11. The van der Waals surface area contributed by atoms with Crippen LogP contribution in [0.1, 0.15) is 22.6 Å². The van der Waals surface area contributed by atoms with Crippen LogP contribution < -0.4 is 10.5 Å². The molecule has 1 aromatic carbocycles. The van der Waals surface area contributed by atoms with Crippen molar-refractivity contribution in [3.63, 3.8) is 0 Å². The Hall–Kier alpha value is -2.47. The van der Waals surface area contributed by atoms with Gasteiger partial charge in [0.2, 0.25) is 11.7 Å². The number of primary amides is 1. The number of aliphatic hydroxyl groups excluding tert-OH is 1. The van der Waals surface area contributed by atoms with Gasteiger partial charge in [-0.3, -0.25) is 4.79 Å². The van der Waals surface area contributed by atoms with E-state index in [0.29, 0.717) is 12.0 Å². The minimum absolute atomic E-state index is 0.0112. The van der Waals surface area contributed by atoms with E-state index in [-0.39, 0.29) is 24.9 Å². The van der Waals surface area contributed by atoms with Gasteiger partial charge < -0.3 is 15.6 Å². The first-order chi connectivity index (χ1) is 10.1. The highest BCUT2D eigenvalue weighted by atomic mass is 16.5. The summed E-state index contributed by atoms with van der Waals surface area (Å²) in [4.78, 5) is 19.0. The van der Waals surface area contributed by atoms with Crippen molar-refractivity contribution >= 4 is 5.91 Å². The lowest BCUT2D eigenvalue weighted by molar-refractivity contribution is 0.0988. The molecular formula is C15H16N3O3. The molecule has 0 aliphatic carbocycles. The monoisotopic (exact) mass is 286 g/mol. The average molecular weight is 286 g/mol. The fourth-order valence-electron chi connectivity index (χ4n) is 1.69. The third-order valence-electron chi connectivity index (χ3n) is 2.80. The summed E-state index contributed by atoms with van der Waals surface area (Å²) in [6.45, 7) is 2.27. The van der Waals surface area contributed by atoms with Gasteiger partial charge in [0.15, 0.2) is 0 Å². The maximum atomic E-state index is 11.2. The van der Waals surface area contributed by atoms with Crippen LogP contribution in [0.25, 0.3) is 11.1 Å². The Morgan fingerprint density at radius 2 is 2.10 bits per heavy atom. The van der Waals surface area contributed by atoms with E-state index in [0.717, 1.165) is 11.1 Å². The van der Waals surface area contributed by atoms with Gasteiger partial charge in [-0.15, -0.1) is 0 Å². The number of nitrogens with two attached hydrogens (primary N) is 1. The number of nitrogens with zero attached hydrogens (tertiary/aromatic N) is 2. The summed E-state index contributed by atoms with van der Waals surface area (Å²) in [5, 5.41) is 8.81. The molecule has 0 fully saturated rings. The number of benzene rings is 1. The third kappa shape index (κ3) is 3.76. The zero-order valence-electron chi connectivity index (χ0n) is 11.7. The highest BCUT2D eigenvalue weighted by molar-refractivity contribution is 5.89. The lowest BCUT2D eigenvalue weighted by Crippen LogP contribution is -2.16. The lowest BCUT2D eigenvalue weighted by Gasteiger charge is -2.10. The van der Waals surface area contributed by atoms with E-state index in [1.165, 1.54) is 0 Å². The van der Waals surface area contributed by atoms with Gasteiger partial charge in [0.05, 0.1) is 12.2 Å². The SMILES string of the molecule is Cc1ccc(-c2[c]nc(C(N)=O)nc2OCCCO)cc1. The molecule has 1 heterocycles. The molecule has 0 aliphatic rings. The van der Waals surface area contributed by atoms with Crippen molar-refractivity contribution in [3.8, 4) is 17.0 Å². The summed E-state index contributed by atoms with van der Waals surface area (Å²) in [6.07, 6.45) is 3.21. The number of aliphatic hydroxyl groups is 1. The number of hydrogen-bond donors (Lipinski definition) is 2. The number of carbonyl (C=O) groups excluding carboxylic acids is 1. The second kappa shape index (κ2) is 6.81. The number of carbonyl (C=O) groups is 1. The molecule has 6 heteroatoms. The molecule has 0 aliphatic heterocycles. The van der Waals surface area contributed by atoms with Crippen LogP contribution in [-0.2, 0) is 0 Å². The highest BCUT2D eigenvalue weighted by Crippen LogP contribution is 2.27. The second-order valence-corrected chi connectivity index (χ2v) is 4.50. The van der Waals surface area contributed by atoms with Gasteiger partial charge in [0.25, 0.3) is 5.91 Å². The van der Waals surface area contributed by atoms with Gasteiger partial charge in [0.1, 0.15) is 6.20 Å². The number of aromatic nitrogens is 2. The molecule has 1 amide bonds. The van der Waals surface area contributed by atoms with Crippen molar-refractivity contribution in [2.75, 3.05) is 13.2 Å². The zero-order valence-corrected chi connectivity index (χ0v) is 11.7. The normalized spacial score (nSPS) is 10.4. The zero-order chi connectivity index (χ0) is 15.2. The van der Waals surface area contributed by atoms with Crippen LogP contribution in [0.3, 0.4) is 0 Å². The fraction of sp³-hybridized carbons (Fsp3) is 0.267. The first kappa shape index (κ1) is 14.9. The topological polar surface area (TPSA) is 98.3 Å². The lowest BCUT2D eigenvalue weighted by atomic mass is 10.1. The Kier molecular flexibility index (Phi) is 4.84. The molecule has 109 valence electrons. The van der Waals surface area contributed by atoms with Gasteiger partial charge in [-0.2, -0.15) is 4.98 Å². The number of ether oxygens (including phenoxy) is 1. The van der Waals surface area contributed by atoms with Crippen molar-refractivity contribution in [1.82, 2.24) is 9.97 Å². The average Bonchev–Trinajstić information content (AvgIpc) is 2.48. The molecule has 2 aromatic rings. The number of aryl methyl sites for hydroxylation is 1. The standard InChI is InChI=1S/C15H16N3O3/c1-10-3-5-11(6-4-10)12-9-17-14(13(16)20)18-15(12)21-8-2-7-19/h3-6,19H,2,7-8H2,1H3,(H2,16,20). The second-order valence-electron chi connectivity index (χ2n) is 4.50. The smallest absolute Gasteiger partial charge is 0.286 e. The summed E-state index contributed by atoms with van der Waals surface area (Å²) >= 11 is 0. The van der Waals surface area contributed by atoms with Crippen molar-refractivity contribution in [2.45, 2.75) is 13.3 Å². The van der Waals surface area contributed by atoms with Crippen molar-refractivity contribution in [2.24, 2.45) is 5.73 Å². The van der Waals surface area contributed by atoms with Crippen LogP contribution in [0, 0.1) is 13.1 Å². The van der Waals surface area contributed by atoms with Crippen molar-refractivity contribution < 1.29 is 14.6 Å². The molecule has 0 spiro atoms. The summed E-state index contributed by atoms with van der Waals surface area (Å²) in [7, 11) is 0. The van der Waals surface area contributed by atoms with Gasteiger partial charge in [-0.1, -0.05) is 29.8 Å². The molecular weight excluding hydrogens is 270 g/mol. The van der Waals surface area contributed by atoms with E-state index in [9.17, 15) is 4.79 Å². The molecule has 0 unspecified atom stereocenters. The first-order valence-corrected chi connectivity index (χ1v) is 6.52. The minimum Gasteiger partial charge on any atom is -0.477 e. The summed E-state index contributed by atoms with van der Waals surface area (Å²) < 4.78 is 5.50. The first-order valence-electron chi connectivity index (χ1n) is 6.52. The third-order valence-corrected chi connectivity index (χ3v) is 2.80. The maximum absolute atomic E-state index is 11.2. The fourth-order valence-corrected chi connectivity index (χ4v) is 1.69. The summed E-state index contributed by atoms with van der Waals surface area (Å²) in [6, 6.07) is 7.69. The van der Waals surface area contributed by atoms with Crippen molar-refractivity contribution in [3.05, 3.63) is 41.9 Å². The largest absolute Gasteiger partial charge is 0.477 e. The van der Waals surface area contributed by atoms with Crippen molar-refractivity contribution in [1.29, 1.82) is 0 Å². The Morgan fingerprint density at radius 1 is 1.38 bits per heavy atom. The Balaban J connectivity index is 2.38. The molecule has 0 atom stereocenters. The van der Waals surface area contributed by atoms with E-state index < -0.39 is 5.91 Å². The molecule has 0 bridgehead atoms. The van der Waals surface area contributed by atoms with Crippen LogP contribution in [0.4, 0.5) is 0 Å². The number of amides is 1. The van der Waals surface area contributed by atoms with E-state index in [1.54, 1.807) is 0 Å². The van der Waals surface area contributed by atoms with E-state index in [2.05, 4.69) is 16.2 Å². The highest BCUT2D eigenvalue weighted by Gasteiger charge is 2.14. The number of hydrogen-bond acceptors (Lipinski definition) is 5. The predicted molar refractivity (Wildman–Crippen MR) is 76.8 cm³/mol. The Morgan fingerprint density at radius 3 is 2.71 bits per heavy atom. The van der Waals surface area contributed by atoms with Gasteiger partial charge in [-0.25, -0.2) is 4.98 Å². The van der Waals surface area contributed by atoms with E-state index in [4.69, 9.17) is 15.6 Å². The number of rotatable bonds is 6. The van der Waals surface area contributed by atoms with Gasteiger partial charge >= 0.3 is 0 Å². The molecule has 1 aromatic heterocycles. The molecule has 0 saturated carbocycles. The van der Waals surface area contributed by atoms with Gasteiger partial charge in [0, 0.05) is 13.0 Å². The Labute approximate surface area is 122 Å². The maximum Gasteiger partial charge on any atom is 0.286 e. The molecule has 21 heavy (non-hydrogen) atoms. The van der Waals surface area contributed by atoms with Crippen LogP contribution in [-0.4, -0.2) is 34.2 Å². The molecule has 2 rings (SSSR count). The Bertz CT molecular complexity index is 627. The van der Waals surface area contributed by atoms with E-state index >= 15 is 0 Å². The van der Waals surface area contributed by atoms with Crippen LogP contribution in [0.15, 0.2) is 24.3 Å². The van der Waals surface area contributed by atoms with Crippen LogP contribution in [0.5, 0.6) is 5.88 Å². The summed E-state index contributed by atoms with van der Waals surface area (Å²) in [5.74, 6) is -0.658. The van der Waals surface area contributed by atoms with Crippen LogP contribution >= 0.6 is 0 Å². The van der Waals surface area contributed by atoms with Gasteiger partial charge in [-0.05, 0) is 12.5 Å². The molecule has 0 saturated heterocycles. The quantitative estimate of drug-likeness (QED) is 0.775. The minimum atomic E-state index is -0.742. The molecule has 6 nitrogen and oxygen atoms in total. The van der Waals surface area contributed by atoms with E-state index in [1.807, 2.05) is 31.2 Å². The summed E-state index contributed by atoms with van der Waals surface area (Å²) in [5.41, 5.74) is 7.67. The molecule has 3 N–H and O–H groups in total.